The summed E-state index contributed by atoms with van der Waals surface area (Å²) in [5.41, 5.74) is 6.12. The van der Waals surface area contributed by atoms with Crippen molar-refractivity contribution < 1.29 is 9.59 Å². The number of pyridine rings is 1. The molecule has 2 aromatic heterocycles. The van der Waals surface area contributed by atoms with Gasteiger partial charge in [0.25, 0.3) is 0 Å². The lowest BCUT2D eigenvalue weighted by atomic mass is 10.0. The first-order valence-electron chi connectivity index (χ1n) is 10.4. The van der Waals surface area contributed by atoms with Crippen LogP contribution in [0.5, 0.6) is 0 Å². The van der Waals surface area contributed by atoms with Gasteiger partial charge in [-0.05, 0) is 54.8 Å². The van der Waals surface area contributed by atoms with Crippen LogP contribution in [-0.4, -0.2) is 52.3 Å². The zero-order chi connectivity index (χ0) is 20.7. The Labute approximate surface area is 175 Å². The van der Waals surface area contributed by atoms with Crippen molar-refractivity contribution in [1.82, 2.24) is 14.3 Å². The van der Waals surface area contributed by atoms with Crippen molar-refractivity contribution in [1.29, 1.82) is 0 Å². The van der Waals surface area contributed by atoms with Crippen LogP contribution in [0.4, 0.5) is 11.4 Å². The molecule has 0 aliphatic carbocycles. The van der Waals surface area contributed by atoms with Crippen molar-refractivity contribution in [2.45, 2.75) is 26.2 Å². The summed E-state index contributed by atoms with van der Waals surface area (Å²) in [6.45, 7) is 5.07. The Hall–Kier alpha value is -3.35. The second-order valence-electron chi connectivity index (χ2n) is 8.14. The highest BCUT2D eigenvalue weighted by Crippen LogP contribution is 2.28. The van der Waals surface area contributed by atoms with Gasteiger partial charge >= 0.3 is 0 Å². The molecule has 5 rings (SSSR count). The van der Waals surface area contributed by atoms with Gasteiger partial charge in [-0.1, -0.05) is 0 Å². The van der Waals surface area contributed by atoms with E-state index in [1.54, 1.807) is 0 Å². The third-order valence-corrected chi connectivity index (χ3v) is 5.98. The molecule has 2 aliphatic heterocycles. The molecule has 7 heteroatoms. The molecule has 0 atom stereocenters. The van der Waals surface area contributed by atoms with Gasteiger partial charge in [-0.25, -0.2) is 4.98 Å². The summed E-state index contributed by atoms with van der Waals surface area (Å²) in [5.74, 6) is 0.214. The quantitative estimate of drug-likeness (QED) is 0.729. The number of benzene rings is 1. The van der Waals surface area contributed by atoms with Crippen molar-refractivity contribution in [3.8, 4) is 0 Å². The van der Waals surface area contributed by atoms with Gasteiger partial charge in [0, 0.05) is 56.4 Å². The molecule has 1 saturated heterocycles. The number of aromatic nitrogens is 2. The van der Waals surface area contributed by atoms with E-state index in [2.05, 4.69) is 27.3 Å². The zero-order valence-corrected chi connectivity index (χ0v) is 17.1. The number of hydrogen-bond acceptors (Lipinski definition) is 4. The first-order valence-corrected chi connectivity index (χ1v) is 10.4. The topological polar surface area (TPSA) is 70.0 Å². The molecule has 0 saturated carbocycles. The molecule has 3 aromatic rings. The first kappa shape index (κ1) is 18.7. The standard InChI is InChI=1S/C23H25N5O2/c1-16-6-7-28-15-18(24-21(28)12-16)14-23(30)27-10-8-26(9-11-27)19-3-4-20-17(13-19)2-5-22(29)25-20/h3-4,6-7,12-13,15H,2,5,8-11,14H2,1H3,(H,25,29). The van der Waals surface area contributed by atoms with Gasteiger partial charge in [0.2, 0.25) is 11.8 Å². The number of fused-ring (bicyclic) bond motifs is 2. The normalized spacial score (nSPS) is 16.5. The molecule has 0 unspecified atom stereocenters. The molecule has 0 spiro atoms. The predicted octanol–water partition coefficient (Wildman–Crippen LogP) is 2.42. The van der Waals surface area contributed by atoms with Gasteiger partial charge < -0.3 is 19.5 Å². The predicted molar refractivity (Wildman–Crippen MR) is 116 cm³/mol. The van der Waals surface area contributed by atoms with Crippen molar-refractivity contribution in [3.05, 3.63) is 59.5 Å². The number of nitrogens with zero attached hydrogens (tertiary/aromatic N) is 4. The molecule has 0 radical (unpaired) electrons. The van der Waals surface area contributed by atoms with Gasteiger partial charge in [0.05, 0.1) is 12.1 Å². The molecule has 0 bridgehead atoms. The van der Waals surface area contributed by atoms with E-state index >= 15 is 0 Å². The number of carbonyl (C=O) groups excluding carboxylic acids is 2. The molecule has 7 nitrogen and oxygen atoms in total. The summed E-state index contributed by atoms with van der Waals surface area (Å²) in [4.78, 5) is 33.2. The Kier molecular flexibility index (Phi) is 4.65. The largest absolute Gasteiger partial charge is 0.368 e. The number of piperazine rings is 1. The van der Waals surface area contributed by atoms with Crippen LogP contribution < -0.4 is 10.2 Å². The monoisotopic (exact) mass is 403 g/mol. The summed E-state index contributed by atoms with van der Waals surface area (Å²) >= 11 is 0. The maximum Gasteiger partial charge on any atom is 0.228 e. The number of hydrogen-bond donors (Lipinski definition) is 1. The average Bonchev–Trinajstić information content (AvgIpc) is 3.14. The fraction of sp³-hybridized carbons (Fsp3) is 0.348. The highest BCUT2D eigenvalue weighted by Gasteiger charge is 2.23. The number of imidazole rings is 1. The van der Waals surface area contributed by atoms with Gasteiger partial charge in [-0.3, -0.25) is 9.59 Å². The van der Waals surface area contributed by atoms with E-state index in [4.69, 9.17) is 0 Å². The summed E-state index contributed by atoms with van der Waals surface area (Å²) in [5, 5.41) is 2.93. The van der Waals surface area contributed by atoms with Crippen LogP contribution in [0.3, 0.4) is 0 Å². The Morgan fingerprint density at radius 2 is 1.93 bits per heavy atom. The maximum absolute atomic E-state index is 12.8. The zero-order valence-electron chi connectivity index (χ0n) is 17.1. The Morgan fingerprint density at radius 3 is 2.77 bits per heavy atom. The molecule has 154 valence electrons. The third kappa shape index (κ3) is 3.63. The first-order chi connectivity index (χ1) is 14.5. The molecule has 30 heavy (non-hydrogen) atoms. The van der Waals surface area contributed by atoms with E-state index < -0.39 is 0 Å². The van der Waals surface area contributed by atoms with Crippen molar-refractivity contribution in [3.63, 3.8) is 0 Å². The number of anilines is 2. The fourth-order valence-electron chi connectivity index (χ4n) is 4.27. The van der Waals surface area contributed by atoms with Crippen LogP contribution in [0.15, 0.2) is 42.7 Å². The minimum atomic E-state index is 0.0862. The van der Waals surface area contributed by atoms with Gasteiger partial charge in [0.1, 0.15) is 5.65 Å². The Morgan fingerprint density at radius 1 is 1.10 bits per heavy atom. The Balaban J connectivity index is 1.21. The highest BCUT2D eigenvalue weighted by atomic mass is 16.2. The van der Waals surface area contributed by atoms with E-state index in [1.165, 1.54) is 5.56 Å². The van der Waals surface area contributed by atoms with Crippen LogP contribution in [0.2, 0.25) is 0 Å². The second-order valence-corrected chi connectivity index (χ2v) is 8.14. The summed E-state index contributed by atoms with van der Waals surface area (Å²) < 4.78 is 1.96. The van der Waals surface area contributed by atoms with E-state index in [0.717, 1.165) is 47.8 Å². The molecule has 2 amide bonds. The van der Waals surface area contributed by atoms with Crippen LogP contribution in [0, 0.1) is 6.92 Å². The minimum absolute atomic E-state index is 0.0862. The van der Waals surface area contributed by atoms with E-state index in [0.29, 0.717) is 25.9 Å². The summed E-state index contributed by atoms with van der Waals surface area (Å²) in [6, 6.07) is 10.3. The molecule has 4 heterocycles. The number of rotatable bonds is 3. The maximum atomic E-state index is 12.8. The van der Waals surface area contributed by atoms with Gasteiger partial charge in [0.15, 0.2) is 0 Å². The van der Waals surface area contributed by atoms with Gasteiger partial charge in [-0.2, -0.15) is 0 Å². The summed E-state index contributed by atoms with van der Waals surface area (Å²) in [6.07, 6.45) is 5.58. The Bertz CT molecular complexity index is 1130. The average molecular weight is 403 g/mol. The third-order valence-electron chi connectivity index (χ3n) is 5.98. The number of nitrogens with one attached hydrogen (secondary N) is 1. The molecular weight excluding hydrogens is 378 g/mol. The lowest BCUT2D eigenvalue weighted by Gasteiger charge is -2.36. The highest BCUT2D eigenvalue weighted by molar-refractivity contribution is 5.94. The molecule has 1 fully saturated rings. The van der Waals surface area contributed by atoms with E-state index in [-0.39, 0.29) is 11.8 Å². The van der Waals surface area contributed by atoms with Crippen molar-refractivity contribution >= 4 is 28.8 Å². The second kappa shape index (κ2) is 7.48. The SMILES string of the molecule is Cc1ccn2cc(CC(=O)N3CCN(c4ccc5c(c4)CCC(=O)N5)CC3)nc2c1. The van der Waals surface area contributed by atoms with Crippen LogP contribution >= 0.6 is 0 Å². The number of carbonyl (C=O) groups is 2. The smallest absolute Gasteiger partial charge is 0.228 e. The van der Waals surface area contributed by atoms with Crippen molar-refractivity contribution in [2.24, 2.45) is 0 Å². The van der Waals surface area contributed by atoms with Crippen LogP contribution in [0.25, 0.3) is 5.65 Å². The lowest BCUT2D eigenvalue weighted by molar-refractivity contribution is -0.130. The molecule has 1 N–H and O–H groups in total. The van der Waals surface area contributed by atoms with E-state index in [1.807, 2.05) is 46.8 Å². The van der Waals surface area contributed by atoms with E-state index in [9.17, 15) is 9.59 Å². The molecule has 1 aromatic carbocycles. The summed E-state index contributed by atoms with van der Waals surface area (Å²) in [7, 11) is 0. The minimum Gasteiger partial charge on any atom is -0.368 e. The van der Waals surface area contributed by atoms with Gasteiger partial charge in [-0.15, -0.1) is 0 Å². The molecule has 2 aliphatic rings. The van der Waals surface area contributed by atoms with Crippen LogP contribution in [0.1, 0.15) is 23.2 Å². The number of amides is 2. The van der Waals surface area contributed by atoms with Crippen molar-refractivity contribution in [2.75, 3.05) is 36.4 Å². The van der Waals surface area contributed by atoms with Crippen LogP contribution in [-0.2, 0) is 22.4 Å². The number of aryl methyl sites for hydroxylation is 2. The lowest BCUT2D eigenvalue weighted by Crippen LogP contribution is -2.49. The fourth-order valence-corrected chi connectivity index (χ4v) is 4.27. The molecular formula is C23H25N5O2.